The fourth-order valence-electron chi connectivity index (χ4n) is 1.90. The van der Waals surface area contributed by atoms with Gasteiger partial charge in [-0.05, 0) is 31.6 Å². The Balaban J connectivity index is 2.57. The first-order valence-corrected chi connectivity index (χ1v) is 7.45. The van der Waals surface area contributed by atoms with Crippen LogP contribution in [0.2, 0.25) is 0 Å². The third kappa shape index (κ3) is 4.27. The summed E-state index contributed by atoms with van der Waals surface area (Å²) in [5.41, 5.74) is -0.494. The lowest BCUT2D eigenvalue weighted by molar-refractivity contribution is -0.138. The van der Waals surface area contributed by atoms with E-state index in [0.717, 1.165) is 0 Å². The summed E-state index contributed by atoms with van der Waals surface area (Å²) >= 11 is 0. The molecule has 1 N–H and O–H groups in total. The molecule has 1 atom stereocenters. The van der Waals surface area contributed by atoms with Crippen LogP contribution in [0.15, 0.2) is 0 Å². The molecule has 1 saturated carbocycles. The second kappa shape index (κ2) is 5.35. The average molecular weight is 264 g/mol. The zero-order chi connectivity index (χ0) is 13.1. The smallest absolute Gasteiger partial charge is 0.303 e. The van der Waals surface area contributed by atoms with E-state index in [9.17, 15) is 13.2 Å². The summed E-state index contributed by atoms with van der Waals surface area (Å²) < 4.78 is 28.9. The molecule has 0 spiro atoms. The maximum absolute atomic E-state index is 12.0. The summed E-state index contributed by atoms with van der Waals surface area (Å²) in [6.07, 6.45) is 1.83. The number of carboxylic acids is 1. The maximum Gasteiger partial charge on any atom is 0.303 e. The van der Waals surface area contributed by atoms with E-state index in [2.05, 4.69) is 0 Å². The minimum absolute atomic E-state index is 0.00280. The zero-order valence-electron chi connectivity index (χ0n) is 10.3. The Morgan fingerprint density at radius 1 is 1.47 bits per heavy atom. The largest absolute Gasteiger partial charge is 0.481 e. The number of carbonyl (C=O) groups is 1. The lowest BCUT2D eigenvalue weighted by atomic mass is 10.1. The third-order valence-electron chi connectivity index (χ3n) is 3.33. The Morgan fingerprint density at radius 2 is 2.06 bits per heavy atom. The van der Waals surface area contributed by atoms with E-state index in [4.69, 9.17) is 9.84 Å². The van der Waals surface area contributed by atoms with Crippen molar-refractivity contribution in [2.75, 3.05) is 19.5 Å². The second-order valence-corrected chi connectivity index (χ2v) is 7.39. The van der Waals surface area contributed by atoms with Crippen molar-refractivity contribution in [1.29, 1.82) is 0 Å². The lowest BCUT2D eigenvalue weighted by Gasteiger charge is -2.17. The third-order valence-corrected chi connectivity index (χ3v) is 5.81. The molecule has 0 aromatic rings. The molecule has 0 aromatic heterocycles. The van der Waals surface area contributed by atoms with Crippen molar-refractivity contribution in [2.45, 2.75) is 37.9 Å². The minimum Gasteiger partial charge on any atom is -0.481 e. The van der Waals surface area contributed by atoms with Crippen LogP contribution in [0.5, 0.6) is 0 Å². The van der Waals surface area contributed by atoms with Crippen LogP contribution in [0.1, 0.15) is 32.6 Å². The molecule has 0 saturated heterocycles. The number of carboxylic acid groups (broad SMARTS) is 1. The predicted octanol–water partition coefficient (Wildman–Crippen LogP) is 1.08. The van der Waals surface area contributed by atoms with Gasteiger partial charge < -0.3 is 9.84 Å². The molecule has 1 aliphatic rings. The first-order valence-electron chi connectivity index (χ1n) is 5.74. The standard InChI is InChI=1S/C11H20O5S/c1-9(3-6-16-2)17(14,15)8-11(4-5-11)7-10(12)13/h9H,3-8H2,1-2H3,(H,12,13). The Bertz CT molecular complexity index is 369. The molecule has 6 heteroatoms. The van der Waals surface area contributed by atoms with Gasteiger partial charge in [-0.1, -0.05) is 0 Å². The summed E-state index contributed by atoms with van der Waals surface area (Å²) in [7, 11) is -1.68. The number of aliphatic carboxylic acids is 1. The van der Waals surface area contributed by atoms with Crippen molar-refractivity contribution in [2.24, 2.45) is 5.41 Å². The monoisotopic (exact) mass is 264 g/mol. The van der Waals surface area contributed by atoms with Crippen LogP contribution in [-0.2, 0) is 19.4 Å². The van der Waals surface area contributed by atoms with Crippen molar-refractivity contribution in [3.05, 3.63) is 0 Å². The van der Waals surface area contributed by atoms with Crippen LogP contribution in [0.4, 0.5) is 0 Å². The highest BCUT2D eigenvalue weighted by atomic mass is 32.2. The Morgan fingerprint density at radius 3 is 2.47 bits per heavy atom. The van der Waals surface area contributed by atoms with Gasteiger partial charge in [-0.25, -0.2) is 8.42 Å². The van der Waals surface area contributed by atoms with Crippen LogP contribution in [0.25, 0.3) is 0 Å². The number of rotatable bonds is 8. The van der Waals surface area contributed by atoms with Gasteiger partial charge in [-0.3, -0.25) is 4.79 Å². The highest BCUT2D eigenvalue weighted by molar-refractivity contribution is 7.92. The van der Waals surface area contributed by atoms with Crippen molar-refractivity contribution < 1.29 is 23.1 Å². The van der Waals surface area contributed by atoms with Gasteiger partial charge in [-0.2, -0.15) is 0 Å². The van der Waals surface area contributed by atoms with Crippen LogP contribution in [0, 0.1) is 5.41 Å². The van der Waals surface area contributed by atoms with Gasteiger partial charge in [0.2, 0.25) is 0 Å². The summed E-state index contributed by atoms with van der Waals surface area (Å²) in [5.74, 6) is -0.917. The first kappa shape index (κ1) is 14.4. The number of hydrogen-bond donors (Lipinski definition) is 1. The van der Waals surface area contributed by atoms with Gasteiger partial charge in [0.25, 0.3) is 0 Å². The van der Waals surface area contributed by atoms with E-state index < -0.39 is 26.5 Å². The van der Waals surface area contributed by atoms with Crippen LogP contribution in [0.3, 0.4) is 0 Å². The van der Waals surface area contributed by atoms with Gasteiger partial charge in [0, 0.05) is 13.7 Å². The fraction of sp³-hybridized carbons (Fsp3) is 0.909. The molecule has 1 rings (SSSR count). The molecule has 1 unspecified atom stereocenters. The molecule has 0 heterocycles. The van der Waals surface area contributed by atoms with Gasteiger partial charge in [0.15, 0.2) is 9.84 Å². The highest BCUT2D eigenvalue weighted by Gasteiger charge is 2.48. The second-order valence-electron chi connectivity index (χ2n) is 4.97. The number of methoxy groups -OCH3 is 1. The van der Waals surface area contributed by atoms with Crippen molar-refractivity contribution in [1.82, 2.24) is 0 Å². The van der Waals surface area contributed by atoms with E-state index in [1.54, 1.807) is 6.92 Å². The van der Waals surface area contributed by atoms with Crippen molar-refractivity contribution in [3.63, 3.8) is 0 Å². The predicted molar refractivity (Wildman–Crippen MR) is 63.7 cm³/mol. The van der Waals surface area contributed by atoms with Crippen LogP contribution in [-0.4, -0.2) is 44.2 Å². The van der Waals surface area contributed by atoms with Gasteiger partial charge in [-0.15, -0.1) is 0 Å². The topological polar surface area (TPSA) is 80.7 Å². The van der Waals surface area contributed by atoms with Crippen LogP contribution >= 0.6 is 0 Å². The number of hydrogen-bond acceptors (Lipinski definition) is 4. The van der Waals surface area contributed by atoms with E-state index in [1.165, 1.54) is 7.11 Å². The Kier molecular flexibility index (Phi) is 4.55. The van der Waals surface area contributed by atoms with Gasteiger partial charge >= 0.3 is 5.97 Å². The highest BCUT2D eigenvalue weighted by Crippen LogP contribution is 2.50. The van der Waals surface area contributed by atoms with E-state index in [-0.39, 0.29) is 12.2 Å². The Labute approximate surface area is 102 Å². The molecule has 0 aromatic carbocycles. The molecule has 5 nitrogen and oxygen atoms in total. The van der Waals surface area contributed by atoms with Crippen LogP contribution < -0.4 is 0 Å². The molecule has 1 aliphatic carbocycles. The molecular formula is C11H20O5S. The van der Waals surface area contributed by atoms with Crippen molar-refractivity contribution in [3.8, 4) is 0 Å². The summed E-state index contributed by atoms with van der Waals surface area (Å²) in [6.45, 7) is 2.07. The molecule has 100 valence electrons. The molecule has 1 fully saturated rings. The van der Waals surface area contributed by atoms with Gasteiger partial charge in [0.05, 0.1) is 17.4 Å². The Hall–Kier alpha value is -0.620. The minimum atomic E-state index is -3.22. The quantitative estimate of drug-likeness (QED) is 0.709. The maximum atomic E-state index is 12.0. The zero-order valence-corrected chi connectivity index (χ0v) is 11.1. The molecule has 0 amide bonds. The number of sulfone groups is 1. The summed E-state index contributed by atoms with van der Waals surface area (Å²) in [5, 5.41) is 8.29. The SMILES string of the molecule is COCCC(C)S(=O)(=O)CC1(CC(=O)O)CC1. The fourth-order valence-corrected chi connectivity index (χ4v) is 3.89. The van der Waals surface area contributed by atoms with Crippen molar-refractivity contribution >= 4 is 15.8 Å². The first-order chi connectivity index (χ1) is 7.81. The summed E-state index contributed by atoms with van der Waals surface area (Å²) in [6, 6.07) is 0. The molecular weight excluding hydrogens is 244 g/mol. The normalized spacial score (nSPS) is 19.9. The van der Waals surface area contributed by atoms with E-state index >= 15 is 0 Å². The van der Waals surface area contributed by atoms with Gasteiger partial charge in [0.1, 0.15) is 0 Å². The molecule has 0 aliphatic heterocycles. The number of ether oxygens (including phenoxy) is 1. The van der Waals surface area contributed by atoms with E-state index in [0.29, 0.717) is 25.9 Å². The van der Waals surface area contributed by atoms with E-state index in [1.807, 2.05) is 0 Å². The molecule has 17 heavy (non-hydrogen) atoms. The molecule has 0 bridgehead atoms. The lowest BCUT2D eigenvalue weighted by Crippen LogP contribution is -2.28. The average Bonchev–Trinajstić information content (AvgIpc) is 2.91. The summed E-state index contributed by atoms with van der Waals surface area (Å²) in [4.78, 5) is 10.7. The molecule has 0 radical (unpaired) electrons.